The molecule has 0 aliphatic carbocycles. The van der Waals surface area contributed by atoms with E-state index < -0.39 is 0 Å². The van der Waals surface area contributed by atoms with E-state index in [1.54, 1.807) is 0 Å². The molecule has 0 saturated carbocycles. The molecule has 1 heterocycles. The van der Waals surface area contributed by atoms with Gasteiger partial charge in [-0.25, -0.2) is 0 Å². The Hall–Kier alpha value is -0.0500. The van der Waals surface area contributed by atoms with Crippen LogP contribution in [-0.4, -0.2) is 24.6 Å². The van der Waals surface area contributed by atoms with Crippen molar-refractivity contribution in [3.63, 3.8) is 0 Å². The molecule has 1 aliphatic heterocycles. The summed E-state index contributed by atoms with van der Waals surface area (Å²) in [5.74, 6) is 2.99. The molecular formula is C12H15Cl2NS. The van der Waals surface area contributed by atoms with Gasteiger partial charge in [-0.2, -0.15) is 11.8 Å². The number of rotatable bonds is 2. The highest BCUT2D eigenvalue weighted by Gasteiger charge is 2.13. The average Bonchev–Trinajstić information content (AvgIpc) is 2.57. The highest BCUT2D eigenvalue weighted by molar-refractivity contribution is 7.99. The lowest BCUT2D eigenvalue weighted by molar-refractivity contribution is 0.812. The second-order valence-electron chi connectivity index (χ2n) is 3.86. The fourth-order valence-corrected chi connectivity index (χ4v) is 3.25. The number of nitrogens with zero attached hydrogens (tertiary/aromatic N) is 1. The van der Waals surface area contributed by atoms with Crippen LogP contribution in [-0.2, 0) is 5.88 Å². The Morgan fingerprint density at radius 2 is 2.12 bits per heavy atom. The van der Waals surface area contributed by atoms with Crippen LogP contribution < -0.4 is 4.90 Å². The van der Waals surface area contributed by atoms with Crippen molar-refractivity contribution in [2.45, 2.75) is 12.3 Å². The summed E-state index contributed by atoms with van der Waals surface area (Å²) in [7, 11) is 0. The van der Waals surface area contributed by atoms with Gasteiger partial charge in [-0.3, -0.25) is 0 Å². The quantitative estimate of drug-likeness (QED) is 0.750. The van der Waals surface area contributed by atoms with Crippen LogP contribution >= 0.6 is 35.0 Å². The lowest BCUT2D eigenvalue weighted by Gasteiger charge is -2.24. The van der Waals surface area contributed by atoms with Crippen molar-refractivity contribution in [1.82, 2.24) is 0 Å². The molecule has 4 heteroatoms. The third kappa shape index (κ3) is 2.99. The molecule has 0 aromatic heterocycles. The van der Waals surface area contributed by atoms with Gasteiger partial charge in [-0.05, 0) is 35.9 Å². The molecule has 0 amide bonds. The molecule has 88 valence electrons. The van der Waals surface area contributed by atoms with Crippen molar-refractivity contribution < 1.29 is 0 Å². The van der Waals surface area contributed by atoms with Gasteiger partial charge in [-0.1, -0.05) is 11.6 Å². The summed E-state index contributed by atoms with van der Waals surface area (Å²) in [6.45, 7) is 2.23. The van der Waals surface area contributed by atoms with Gasteiger partial charge in [0.1, 0.15) is 0 Å². The highest BCUT2D eigenvalue weighted by atomic mass is 35.5. The van der Waals surface area contributed by atoms with E-state index in [9.17, 15) is 0 Å². The minimum absolute atomic E-state index is 0.527. The van der Waals surface area contributed by atoms with Gasteiger partial charge in [0, 0.05) is 35.4 Å². The zero-order valence-corrected chi connectivity index (χ0v) is 11.4. The molecular weight excluding hydrogens is 261 g/mol. The van der Waals surface area contributed by atoms with Gasteiger partial charge in [-0.15, -0.1) is 11.6 Å². The fraction of sp³-hybridized carbons (Fsp3) is 0.500. The van der Waals surface area contributed by atoms with Crippen molar-refractivity contribution in [2.24, 2.45) is 0 Å². The standard InChI is InChI=1S/C12H15Cl2NS/c13-9-10-8-11(14)2-3-12(10)15-4-1-6-16-7-5-15/h2-3,8H,1,4-7,9H2. The summed E-state index contributed by atoms with van der Waals surface area (Å²) in [5, 5.41) is 0.767. The molecule has 1 aliphatic rings. The van der Waals surface area contributed by atoms with Crippen LogP contribution in [0.3, 0.4) is 0 Å². The predicted molar refractivity (Wildman–Crippen MR) is 75.2 cm³/mol. The van der Waals surface area contributed by atoms with E-state index in [2.05, 4.69) is 11.0 Å². The molecule has 0 unspecified atom stereocenters. The summed E-state index contributed by atoms with van der Waals surface area (Å²) >= 11 is 14.0. The first-order valence-electron chi connectivity index (χ1n) is 5.48. The zero-order chi connectivity index (χ0) is 11.4. The Balaban J connectivity index is 2.23. The Morgan fingerprint density at radius 3 is 2.94 bits per heavy atom. The largest absolute Gasteiger partial charge is 0.370 e. The van der Waals surface area contributed by atoms with Crippen molar-refractivity contribution in [1.29, 1.82) is 0 Å². The summed E-state index contributed by atoms with van der Waals surface area (Å²) in [6.07, 6.45) is 1.25. The Morgan fingerprint density at radius 1 is 1.25 bits per heavy atom. The lowest BCUT2D eigenvalue weighted by Crippen LogP contribution is -2.26. The molecule has 16 heavy (non-hydrogen) atoms. The molecule has 0 bridgehead atoms. The molecule has 2 rings (SSSR count). The van der Waals surface area contributed by atoms with E-state index in [1.165, 1.54) is 23.6 Å². The van der Waals surface area contributed by atoms with Crippen LogP contribution in [0, 0.1) is 0 Å². The minimum atomic E-state index is 0.527. The molecule has 1 aromatic carbocycles. The van der Waals surface area contributed by atoms with E-state index in [0.29, 0.717) is 5.88 Å². The van der Waals surface area contributed by atoms with Crippen molar-refractivity contribution in [3.05, 3.63) is 28.8 Å². The summed E-state index contributed by atoms with van der Waals surface area (Å²) in [5.41, 5.74) is 2.39. The molecule has 1 aromatic rings. The molecule has 1 nitrogen and oxygen atoms in total. The van der Waals surface area contributed by atoms with Crippen molar-refractivity contribution in [3.8, 4) is 0 Å². The monoisotopic (exact) mass is 275 g/mol. The fourth-order valence-electron chi connectivity index (χ4n) is 1.96. The number of thioether (sulfide) groups is 1. The van der Waals surface area contributed by atoms with Crippen LogP contribution in [0.5, 0.6) is 0 Å². The van der Waals surface area contributed by atoms with Crippen LogP contribution in [0.15, 0.2) is 18.2 Å². The third-order valence-corrected chi connectivity index (χ3v) is 4.32. The van der Waals surface area contributed by atoms with E-state index in [1.807, 2.05) is 23.9 Å². The SMILES string of the molecule is ClCc1cc(Cl)ccc1N1CCCSCC1. The first-order valence-corrected chi connectivity index (χ1v) is 7.55. The summed E-state index contributed by atoms with van der Waals surface area (Å²) < 4.78 is 0. The number of alkyl halides is 1. The second kappa shape index (κ2) is 6.04. The number of hydrogen-bond donors (Lipinski definition) is 0. The molecule has 0 atom stereocenters. The molecule has 0 N–H and O–H groups in total. The first kappa shape index (κ1) is 12.4. The summed E-state index contributed by atoms with van der Waals surface area (Å²) in [6, 6.07) is 6.02. The number of benzene rings is 1. The normalized spacial score (nSPS) is 17.2. The first-order chi connectivity index (χ1) is 7.81. The van der Waals surface area contributed by atoms with Crippen molar-refractivity contribution in [2.75, 3.05) is 29.5 Å². The summed E-state index contributed by atoms with van der Waals surface area (Å²) in [4.78, 5) is 2.42. The molecule has 0 radical (unpaired) electrons. The van der Waals surface area contributed by atoms with E-state index in [0.717, 1.165) is 23.7 Å². The minimum Gasteiger partial charge on any atom is -0.370 e. The maximum Gasteiger partial charge on any atom is 0.0495 e. The van der Waals surface area contributed by atoms with Crippen LogP contribution in [0.4, 0.5) is 5.69 Å². The van der Waals surface area contributed by atoms with Gasteiger partial charge < -0.3 is 4.90 Å². The van der Waals surface area contributed by atoms with E-state index >= 15 is 0 Å². The maximum atomic E-state index is 5.99. The van der Waals surface area contributed by atoms with Crippen LogP contribution in [0.2, 0.25) is 5.02 Å². The topological polar surface area (TPSA) is 3.24 Å². The molecule has 1 fully saturated rings. The smallest absolute Gasteiger partial charge is 0.0495 e. The molecule has 0 spiro atoms. The van der Waals surface area contributed by atoms with Gasteiger partial charge >= 0.3 is 0 Å². The Bertz CT molecular complexity index is 349. The van der Waals surface area contributed by atoms with Gasteiger partial charge in [0.2, 0.25) is 0 Å². The lowest BCUT2D eigenvalue weighted by atomic mass is 10.1. The number of halogens is 2. The van der Waals surface area contributed by atoms with E-state index in [-0.39, 0.29) is 0 Å². The van der Waals surface area contributed by atoms with Gasteiger partial charge in [0.05, 0.1) is 0 Å². The van der Waals surface area contributed by atoms with Crippen molar-refractivity contribution >= 4 is 40.7 Å². The highest BCUT2D eigenvalue weighted by Crippen LogP contribution is 2.27. The third-order valence-electron chi connectivity index (χ3n) is 2.75. The van der Waals surface area contributed by atoms with Gasteiger partial charge in [0.25, 0.3) is 0 Å². The maximum absolute atomic E-state index is 5.99. The Kier molecular flexibility index (Phi) is 4.68. The average molecular weight is 276 g/mol. The zero-order valence-electron chi connectivity index (χ0n) is 9.09. The Labute approximate surface area is 111 Å². The van der Waals surface area contributed by atoms with E-state index in [4.69, 9.17) is 23.2 Å². The number of hydrogen-bond acceptors (Lipinski definition) is 2. The van der Waals surface area contributed by atoms with Gasteiger partial charge in [0.15, 0.2) is 0 Å². The van der Waals surface area contributed by atoms with Crippen LogP contribution in [0.1, 0.15) is 12.0 Å². The van der Waals surface area contributed by atoms with Crippen LogP contribution in [0.25, 0.3) is 0 Å². The number of anilines is 1. The molecule has 1 saturated heterocycles. The second-order valence-corrected chi connectivity index (χ2v) is 5.79. The predicted octanol–water partition coefficient (Wildman–Crippen LogP) is 4.02.